The summed E-state index contributed by atoms with van der Waals surface area (Å²) in [7, 11) is 0. The number of rotatable bonds is 6. The van der Waals surface area contributed by atoms with Gasteiger partial charge in [0.1, 0.15) is 11.3 Å². The maximum Gasteiger partial charge on any atom is 0.251 e. The van der Waals surface area contributed by atoms with Crippen LogP contribution >= 0.6 is 0 Å². The fourth-order valence-electron chi connectivity index (χ4n) is 3.14. The van der Waals surface area contributed by atoms with E-state index in [0.717, 1.165) is 41.6 Å². The van der Waals surface area contributed by atoms with Crippen molar-refractivity contribution in [2.24, 2.45) is 0 Å². The number of amides is 2. The van der Waals surface area contributed by atoms with Crippen LogP contribution in [0.3, 0.4) is 0 Å². The molecule has 5 nitrogen and oxygen atoms in total. The maximum absolute atomic E-state index is 12.4. The number of anilines is 1. The Kier molecular flexibility index (Phi) is 4.98. The van der Waals surface area contributed by atoms with Crippen molar-refractivity contribution in [3.8, 4) is 0 Å². The number of carbonyl (C=O) groups excluding carboxylic acids is 2. The van der Waals surface area contributed by atoms with Crippen molar-refractivity contribution >= 4 is 34.5 Å². The first-order valence-electron chi connectivity index (χ1n) is 9.54. The van der Waals surface area contributed by atoms with E-state index >= 15 is 0 Å². The van der Waals surface area contributed by atoms with Crippen LogP contribution in [0.25, 0.3) is 17.0 Å². The summed E-state index contributed by atoms with van der Waals surface area (Å²) in [6, 6.07) is 15.0. The fourth-order valence-corrected chi connectivity index (χ4v) is 3.14. The predicted octanol–water partition coefficient (Wildman–Crippen LogP) is 4.54. The summed E-state index contributed by atoms with van der Waals surface area (Å²) in [5, 5.41) is 6.75. The summed E-state index contributed by atoms with van der Waals surface area (Å²) in [6.07, 6.45) is 6.09. The molecule has 3 aromatic rings. The van der Waals surface area contributed by atoms with E-state index in [1.165, 1.54) is 6.08 Å². The molecule has 1 fully saturated rings. The molecule has 5 heteroatoms. The van der Waals surface area contributed by atoms with Crippen molar-refractivity contribution < 1.29 is 14.0 Å². The minimum atomic E-state index is -0.257. The molecule has 0 aliphatic heterocycles. The van der Waals surface area contributed by atoms with Crippen molar-refractivity contribution in [2.75, 3.05) is 5.32 Å². The molecule has 2 N–H and O–H groups in total. The van der Waals surface area contributed by atoms with Gasteiger partial charge in [0.05, 0.1) is 0 Å². The summed E-state index contributed by atoms with van der Waals surface area (Å²) in [5.74, 6) is 0.489. The smallest absolute Gasteiger partial charge is 0.251 e. The highest BCUT2D eigenvalue weighted by Crippen LogP contribution is 2.27. The lowest BCUT2D eigenvalue weighted by atomic mass is 10.1. The van der Waals surface area contributed by atoms with Crippen LogP contribution in [0.4, 0.5) is 5.69 Å². The van der Waals surface area contributed by atoms with E-state index in [-0.39, 0.29) is 11.8 Å². The molecule has 1 saturated carbocycles. The van der Waals surface area contributed by atoms with Gasteiger partial charge in [0, 0.05) is 40.7 Å². The quantitative estimate of drug-likeness (QED) is 0.622. The molecule has 1 aliphatic carbocycles. The molecule has 1 heterocycles. The molecule has 142 valence electrons. The Morgan fingerprint density at radius 1 is 1.14 bits per heavy atom. The van der Waals surface area contributed by atoms with Crippen molar-refractivity contribution in [3.63, 3.8) is 0 Å². The molecule has 0 saturated heterocycles. The molecule has 0 atom stereocenters. The highest BCUT2D eigenvalue weighted by Gasteiger charge is 2.23. The number of nitrogens with one attached hydrogen (secondary N) is 2. The Morgan fingerprint density at radius 2 is 1.96 bits per heavy atom. The van der Waals surface area contributed by atoms with E-state index < -0.39 is 0 Å². The lowest BCUT2D eigenvalue weighted by molar-refractivity contribution is -0.111. The molecular weight excluding hydrogens is 352 g/mol. The van der Waals surface area contributed by atoms with Gasteiger partial charge in [0.25, 0.3) is 5.91 Å². The minimum Gasteiger partial charge on any atom is -0.460 e. The molecule has 0 unspecified atom stereocenters. The first-order valence-corrected chi connectivity index (χ1v) is 9.54. The van der Waals surface area contributed by atoms with Gasteiger partial charge in [-0.1, -0.05) is 31.2 Å². The zero-order valence-corrected chi connectivity index (χ0v) is 15.7. The van der Waals surface area contributed by atoms with Gasteiger partial charge in [-0.25, -0.2) is 0 Å². The van der Waals surface area contributed by atoms with Crippen molar-refractivity contribution in [2.45, 2.75) is 32.2 Å². The molecule has 1 aliphatic rings. The Bertz CT molecular complexity index is 1060. The lowest BCUT2D eigenvalue weighted by Crippen LogP contribution is -2.25. The van der Waals surface area contributed by atoms with Crippen LogP contribution in [0.5, 0.6) is 0 Å². The topological polar surface area (TPSA) is 71.3 Å². The molecular formula is C23H22N2O3. The van der Waals surface area contributed by atoms with Crippen LogP contribution in [-0.2, 0) is 11.2 Å². The van der Waals surface area contributed by atoms with Gasteiger partial charge < -0.3 is 15.1 Å². The van der Waals surface area contributed by atoms with E-state index in [9.17, 15) is 9.59 Å². The zero-order chi connectivity index (χ0) is 19.5. The number of carbonyl (C=O) groups is 2. The fraction of sp³-hybridized carbons (Fsp3) is 0.217. The van der Waals surface area contributed by atoms with Crippen LogP contribution < -0.4 is 10.6 Å². The van der Waals surface area contributed by atoms with Gasteiger partial charge in [-0.05, 0) is 43.2 Å². The summed E-state index contributed by atoms with van der Waals surface area (Å²) in [4.78, 5) is 24.5. The average Bonchev–Trinajstić information content (AvgIpc) is 3.44. The summed E-state index contributed by atoms with van der Waals surface area (Å²) in [5.41, 5.74) is 2.87. The van der Waals surface area contributed by atoms with Gasteiger partial charge in [0.15, 0.2) is 0 Å². The van der Waals surface area contributed by atoms with Gasteiger partial charge >= 0.3 is 0 Å². The van der Waals surface area contributed by atoms with E-state index in [4.69, 9.17) is 4.42 Å². The zero-order valence-electron chi connectivity index (χ0n) is 15.7. The number of benzene rings is 2. The highest BCUT2D eigenvalue weighted by molar-refractivity contribution is 6.04. The first-order chi connectivity index (χ1) is 13.6. The van der Waals surface area contributed by atoms with Gasteiger partial charge in [-0.3, -0.25) is 9.59 Å². The summed E-state index contributed by atoms with van der Waals surface area (Å²) < 4.78 is 5.85. The number of hydrogen-bond donors (Lipinski definition) is 2. The summed E-state index contributed by atoms with van der Waals surface area (Å²) in [6.45, 7) is 2.02. The number of para-hydroxylation sites is 1. The van der Waals surface area contributed by atoms with Crippen molar-refractivity contribution in [1.29, 1.82) is 0 Å². The Labute approximate surface area is 163 Å². The molecule has 4 rings (SSSR count). The number of aryl methyl sites for hydroxylation is 1. The maximum atomic E-state index is 12.4. The van der Waals surface area contributed by atoms with Gasteiger partial charge in [-0.2, -0.15) is 0 Å². The second-order valence-corrected chi connectivity index (χ2v) is 6.94. The van der Waals surface area contributed by atoms with Gasteiger partial charge in [-0.15, -0.1) is 0 Å². The third-order valence-corrected chi connectivity index (χ3v) is 4.74. The number of furan rings is 1. The number of fused-ring (bicyclic) bond motifs is 1. The van der Waals surface area contributed by atoms with Crippen LogP contribution in [0.2, 0.25) is 0 Å². The van der Waals surface area contributed by atoms with Crippen LogP contribution in [0.1, 0.15) is 41.4 Å². The van der Waals surface area contributed by atoms with Crippen LogP contribution in [0.15, 0.2) is 59.0 Å². The largest absolute Gasteiger partial charge is 0.460 e. The standard InChI is InChI=1S/C23H22N2O3/c1-2-20-19(18-8-3-4-9-21(18)28-20)12-13-22(26)24-17-7-5-6-15(14-17)23(27)25-16-10-11-16/h3-9,12-14,16H,2,10-11H2,1H3,(H,24,26)(H,25,27)/b13-12+. The molecule has 0 radical (unpaired) electrons. The van der Waals surface area contributed by atoms with Crippen molar-refractivity contribution in [1.82, 2.24) is 5.32 Å². The minimum absolute atomic E-state index is 0.105. The van der Waals surface area contributed by atoms with E-state index in [1.807, 2.05) is 31.2 Å². The molecule has 2 amide bonds. The Morgan fingerprint density at radius 3 is 2.75 bits per heavy atom. The third kappa shape index (κ3) is 3.98. The molecule has 0 bridgehead atoms. The second kappa shape index (κ2) is 7.72. The molecule has 1 aromatic heterocycles. The Balaban J connectivity index is 1.48. The van der Waals surface area contributed by atoms with E-state index in [0.29, 0.717) is 17.3 Å². The third-order valence-electron chi connectivity index (χ3n) is 4.74. The van der Waals surface area contributed by atoms with Crippen LogP contribution in [-0.4, -0.2) is 17.9 Å². The monoisotopic (exact) mass is 374 g/mol. The average molecular weight is 374 g/mol. The Hall–Kier alpha value is -3.34. The molecule has 0 spiro atoms. The van der Waals surface area contributed by atoms with E-state index in [2.05, 4.69) is 10.6 Å². The predicted molar refractivity (Wildman–Crippen MR) is 110 cm³/mol. The van der Waals surface area contributed by atoms with Crippen molar-refractivity contribution in [3.05, 3.63) is 71.5 Å². The van der Waals surface area contributed by atoms with E-state index in [1.54, 1.807) is 30.3 Å². The molecule has 2 aromatic carbocycles. The lowest BCUT2D eigenvalue weighted by Gasteiger charge is -2.06. The first kappa shape index (κ1) is 18.0. The van der Waals surface area contributed by atoms with Gasteiger partial charge in [0.2, 0.25) is 5.91 Å². The SMILES string of the molecule is CCc1oc2ccccc2c1/C=C/C(=O)Nc1cccc(C(=O)NC2CC2)c1. The van der Waals surface area contributed by atoms with Crippen LogP contribution in [0, 0.1) is 0 Å². The second-order valence-electron chi connectivity index (χ2n) is 6.94. The highest BCUT2D eigenvalue weighted by atomic mass is 16.3. The summed E-state index contributed by atoms with van der Waals surface area (Å²) >= 11 is 0. The molecule has 28 heavy (non-hydrogen) atoms. The normalized spacial score (nSPS) is 13.8. The number of hydrogen-bond acceptors (Lipinski definition) is 3.